The van der Waals surface area contributed by atoms with Crippen molar-refractivity contribution < 1.29 is 14.3 Å². The Labute approximate surface area is 217 Å². The number of hydrogen-bond donors (Lipinski definition) is 0. The molecular weight excluding hydrogens is 468 g/mol. The molecule has 1 aliphatic carbocycles. The normalized spacial score (nSPS) is 17.0. The standard InChI is InChI=1S/C30H34N2O3S/c1-20-4-9-24(10-5-20)30(34)31(17-23-7-8-23)18-29(33)32-14-12-28-25(13-15-36-28)26(32)19-35-27-11-6-21(2)16-22(27)3/h4-6,9-11,13,15-16,23,26H,7-8,12,14,17-19H2,1-3H3/t26-/m1/s1. The van der Waals surface area contributed by atoms with Gasteiger partial charge < -0.3 is 14.5 Å². The lowest BCUT2D eigenvalue weighted by molar-refractivity contribution is -0.135. The Balaban J connectivity index is 1.34. The molecule has 0 unspecified atom stereocenters. The van der Waals surface area contributed by atoms with Gasteiger partial charge in [-0.2, -0.15) is 0 Å². The van der Waals surface area contributed by atoms with Gasteiger partial charge in [-0.15, -0.1) is 11.3 Å². The first kappa shape index (κ1) is 24.6. The van der Waals surface area contributed by atoms with E-state index >= 15 is 0 Å². The summed E-state index contributed by atoms with van der Waals surface area (Å²) in [4.78, 5) is 32.1. The maximum Gasteiger partial charge on any atom is 0.254 e. The molecule has 188 valence electrons. The molecule has 2 heterocycles. The van der Waals surface area contributed by atoms with Crippen LogP contribution < -0.4 is 4.74 Å². The van der Waals surface area contributed by atoms with Crippen LogP contribution in [0.1, 0.15) is 56.4 Å². The van der Waals surface area contributed by atoms with E-state index in [1.54, 1.807) is 16.2 Å². The summed E-state index contributed by atoms with van der Waals surface area (Å²) < 4.78 is 6.28. The number of nitrogens with zero attached hydrogens (tertiary/aromatic N) is 2. The van der Waals surface area contributed by atoms with E-state index in [0.29, 0.717) is 31.2 Å². The third kappa shape index (κ3) is 5.49. The molecule has 1 aromatic heterocycles. The van der Waals surface area contributed by atoms with Gasteiger partial charge in [0.2, 0.25) is 5.91 Å². The Morgan fingerprint density at radius 2 is 1.78 bits per heavy atom. The van der Waals surface area contributed by atoms with Crippen molar-refractivity contribution in [2.75, 3.05) is 26.2 Å². The Kier molecular flexibility index (Phi) is 7.15. The van der Waals surface area contributed by atoms with Gasteiger partial charge in [0.15, 0.2) is 0 Å². The maximum absolute atomic E-state index is 13.7. The second-order valence-electron chi connectivity index (χ2n) is 10.2. The predicted molar refractivity (Wildman–Crippen MR) is 144 cm³/mol. The van der Waals surface area contributed by atoms with Crippen molar-refractivity contribution in [3.63, 3.8) is 0 Å². The topological polar surface area (TPSA) is 49.9 Å². The zero-order valence-corrected chi connectivity index (χ0v) is 22.1. The smallest absolute Gasteiger partial charge is 0.254 e. The van der Waals surface area contributed by atoms with E-state index in [1.165, 1.54) is 16.0 Å². The van der Waals surface area contributed by atoms with Gasteiger partial charge in [0.05, 0.1) is 6.04 Å². The number of rotatable bonds is 8. The summed E-state index contributed by atoms with van der Waals surface area (Å²) >= 11 is 1.75. The van der Waals surface area contributed by atoms with Crippen LogP contribution in [0.25, 0.3) is 0 Å². The van der Waals surface area contributed by atoms with Crippen LogP contribution >= 0.6 is 11.3 Å². The van der Waals surface area contributed by atoms with Gasteiger partial charge in [-0.1, -0.05) is 35.4 Å². The van der Waals surface area contributed by atoms with E-state index in [-0.39, 0.29) is 24.4 Å². The molecule has 2 aliphatic rings. The highest BCUT2D eigenvalue weighted by molar-refractivity contribution is 7.10. The molecule has 0 saturated heterocycles. The summed E-state index contributed by atoms with van der Waals surface area (Å²) in [6.07, 6.45) is 3.09. The van der Waals surface area contributed by atoms with Crippen LogP contribution in [0.3, 0.4) is 0 Å². The Hall–Kier alpha value is -3.12. The molecule has 0 N–H and O–H groups in total. The second-order valence-corrected chi connectivity index (χ2v) is 11.2. The van der Waals surface area contributed by atoms with E-state index in [9.17, 15) is 9.59 Å². The molecule has 5 rings (SSSR count). The number of amides is 2. The fraction of sp³-hybridized carbons (Fsp3) is 0.400. The molecule has 1 aliphatic heterocycles. The lowest BCUT2D eigenvalue weighted by Crippen LogP contribution is -2.48. The summed E-state index contributed by atoms with van der Waals surface area (Å²) in [5.41, 5.74) is 5.21. The fourth-order valence-electron chi connectivity index (χ4n) is 4.97. The molecule has 3 aromatic rings. The highest BCUT2D eigenvalue weighted by Crippen LogP contribution is 2.35. The van der Waals surface area contributed by atoms with Crippen LogP contribution in [0.4, 0.5) is 0 Å². The minimum absolute atomic E-state index is 0.0119. The van der Waals surface area contributed by atoms with Gasteiger partial charge in [0.1, 0.15) is 18.9 Å². The van der Waals surface area contributed by atoms with Crippen molar-refractivity contribution >= 4 is 23.2 Å². The average Bonchev–Trinajstić information content (AvgIpc) is 3.55. The first-order valence-corrected chi connectivity index (χ1v) is 13.7. The van der Waals surface area contributed by atoms with Crippen molar-refractivity contribution in [3.05, 3.63) is 86.6 Å². The van der Waals surface area contributed by atoms with Gasteiger partial charge in [-0.3, -0.25) is 9.59 Å². The summed E-state index contributed by atoms with van der Waals surface area (Å²) in [5, 5.41) is 2.10. The average molecular weight is 503 g/mol. The molecule has 1 atom stereocenters. The van der Waals surface area contributed by atoms with Crippen LogP contribution in [0, 0.1) is 26.7 Å². The van der Waals surface area contributed by atoms with E-state index < -0.39 is 0 Å². The zero-order valence-electron chi connectivity index (χ0n) is 21.3. The SMILES string of the molecule is Cc1ccc(C(=O)N(CC(=O)N2CCc3sccc3[C@H]2COc2ccc(C)cc2C)CC2CC2)cc1. The van der Waals surface area contributed by atoms with Crippen molar-refractivity contribution in [2.24, 2.45) is 5.92 Å². The van der Waals surface area contributed by atoms with Gasteiger partial charge in [-0.05, 0) is 86.7 Å². The lowest BCUT2D eigenvalue weighted by atomic mass is 10.00. The number of carbonyl (C=O) groups is 2. The molecular formula is C30H34N2O3S. The Morgan fingerprint density at radius 1 is 1.03 bits per heavy atom. The van der Waals surface area contributed by atoms with Crippen molar-refractivity contribution in [1.29, 1.82) is 0 Å². The van der Waals surface area contributed by atoms with Gasteiger partial charge in [-0.25, -0.2) is 0 Å². The number of carbonyl (C=O) groups excluding carboxylic acids is 2. The van der Waals surface area contributed by atoms with E-state index in [0.717, 1.165) is 36.1 Å². The second kappa shape index (κ2) is 10.5. The number of aryl methyl sites for hydroxylation is 3. The highest BCUT2D eigenvalue weighted by atomic mass is 32.1. The van der Waals surface area contributed by atoms with Crippen molar-refractivity contribution in [2.45, 2.75) is 46.1 Å². The number of benzene rings is 2. The minimum Gasteiger partial charge on any atom is -0.491 e. The number of fused-ring (bicyclic) bond motifs is 1. The molecule has 0 bridgehead atoms. The van der Waals surface area contributed by atoms with Crippen molar-refractivity contribution in [1.82, 2.24) is 9.80 Å². The number of ether oxygens (including phenoxy) is 1. The lowest BCUT2D eigenvalue weighted by Gasteiger charge is -2.37. The molecule has 1 saturated carbocycles. The quantitative estimate of drug-likeness (QED) is 0.395. The van der Waals surface area contributed by atoms with Gasteiger partial charge in [0.25, 0.3) is 5.91 Å². The van der Waals surface area contributed by atoms with E-state index in [1.807, 2.05) is 42.2 Å². The zero-order chi connectivity index (χ0) is 25.2. The molecule has 2 amide bonds. The third-order valence-electron chi connectivity index (χ3n) is 7.23. The summed E-state index contributed by atoms with van der Waals surface area (Å²) in [5.74, 6) is 1.27. The molecule has 0 radical (unpaired) electrons. The predicted octanol–water partition coefficient (Wildman–Crippen LogP) is 5.73. The van der Waals surface area contributed by atoms with Crippen LogP contribution in [0.15, 0.2) is 53.9 Å². The first-order chi connectivity index (χ1) is 17.4. The van der Waals surface area contributed by atoms with Crippen molar-refractivity contribution in [3.8, 4) is 5.75 Å². The molecule has 0 spiro atoms. The largest absolute Gasteiger partial charge is 0.491 e. The number of thiophene rings is 1. The summed E-state index contributed by atoms with van der Waals surface area (Å²) in [7, 11) is 0. The van der Waals surface area contributed by atoms with Gasteiger partial charge >= 0.3 is 0 Å². The molecule has 5 nitrogen and oxygen atoms in total. The third-order valence-corrected chi connectivity index (χ3v) is 8.23. The monoisotopic (exact) mass is 502 g/mol. The minimum atomic E-state index is -0.162. The number of hydrogen-bond acceptors (Lipinski definition) is 4. The molecule has 6 heteroatoms. The summed E-state index contributed by atoms with van der Waals surface area (Å²) in [6.45, 7) is 7.91. The molecule has 36 heavy (non-hydrogen) atoms. The van der Waals surface area contributed by atoms with E-state index in [4.69, 9.17) is 4.74 Å². The Bertz CT molecular complexity index is 1250. The van der Waals surface area contributed by atoms with Crippen LogP contribution in [-0.2, 0) is 11.2 Å². The van der Waals surface area contributed by atoms with E-state index in [2.05, 4.69) is 37.4 Å². The summed E-state index contributed by atoms with van der Waals surface area (Å²) in [6, 6.07) is 15.8. The Morgan fingerprint density at radius 3 is 2.50 bits per heavy atom. The molecule has 1 fully saturated rings. The highest BCUT2D eigenvalue weighted by Gasteiger charge is 2.35. The van der Waals surface area contributed by atoms with Crippen LogP contribution in [0.2, 0.25) is 0 Å². The fourth-order valence-corrected chi connectivity index (χ4v) is 5.90. The van der Waals surface area contributed by atoms with Crippen LogP contribution in [-0.4, -0.2) is 47.9 Å². The molecule has 2 aromatic carbocycles. The maximum atomic E-state index is 13.7. The first-order valence-electron chi connectivity index (χ1n) is 12.8. The van der Waals surface area contributed by atoms with Gasteiger partial charge in [0, 0.05) is 23.5 Å². The van der Waals surface area contributed by atoms with Crippen LogP contribution in [0.5, 0.6) is 5.75 Å².